The summed E-state index contributed by atoms with van der Waals surface area (Å²) in [5, 5.41) is 9.69. The normalized spacial score (nSPS) is 13.2. The van der Waals surface area contributed by atoms with Gasteiger partial charge in [-0.05, 0) is 43.5 Å². The summed E-state index contributed by atoms with van der Waals surface area (Å²) >= 11 is 0. The number of aliphatic hydroxyl groups is 1. The van der Waals surface area contributed by atoms with Crippen molar-refractivity contribution in [3.8, 4) is 0 Å². The van der Waals surface area contributed by atoms with Crippen molar-refractivity contribution < 1.29 is 5.11 Å². The smallest absolute Gasteiger partial charge is 0.0679 e. The van der Waals surface area contributed by atoms with Crippen LogP contribution < -0.4 is 5.73 Å². The van der Waals surface area contributed by atoms with Crippen LogP contribution in [-0.4, -0.2) is 42.8 Å². The summed E-state index contributed by atoms with van der Waals surface area (Å²) in [7, 11) is 2.04. The Balaban J connectivity index is 2.35. The third-order valence-corrected chi connectivity index (χ3v) is 3.45. The first-order chi connectivity index (χ1) is 9.02. The maximum Gasteiger partial charge on any atom is 0.0679 e. The van der Waals surface area contributed by atoms with Gasteiger partial charge < -0.3 is 15.7 Å². The fourth-order valence-electron chi connectivity index (χ4n) is 2.12. The van der Waals surface area contributed by atoms with Crippen molar-refractivity contribution in [3.05, 3.63) is 35.4 Å². The Hall–Kier alpha value is -0.900. The first kappa shape index (κ1) is 16.2. The average Bonchev–Trinajstić information content (AvgIpc) is 2.37. The molecule has 0 radical (unpaired) electrons. The quantitative estimate of drug-likeness (QED) is 0.755. The highest BCUT2D eigenvalue weighted by atomic mass is 16.3. The average molecular weight is 264 g/mol. The highest BCUT2D eigenvalue weighted by Gasteiger charge is 2.07. The monoisotopic (exact) mass is 264 g/mol. The van der Waals surface area contributed by atoms with Crippen molar-refractivity contribution in [2.45, 2.75) is 38.7 Å². The molecule has 1 rings (SSSR count). The Labute approximate surface area is 117 Å². The molecule has 108 valence electrons. The minimum atomic E-state index is -0.307. The van der Waals surface area contributed by atoms with Gasteiger partial charge in [-0.15, -0.1) is 0 Å². The summed E-state index contributed by atoms with van der Waals surface area (Å²) in [4.78, 5) is 2.16. The lowest BCUT2D eigenvalue weighted by molar-refractivity contribution is 0.120. The SMILES string of the molecule is CC(C)c1ccc(CCN(C)CC(O)CCN)cc1. The largest absolute Gasteiger partial charge is 0.392 e. The number of nitrogens with two attached hydrogens (primary N) is 1. The fourth-order valence-corrected chi connectivity index (χ4v) is 2.12. The van der Waals surface area contributed by atoms with Crippen LogP contribution in [0.15, 0.2) is 24.3 Å². The van der Waals surface area contributed by atoms with E-state index in [4.69, 9.17) is 5.73 Å². The zero-order valence-electron chi connectivity index (χ0n) is 12.5. The number of nitrogens with zero attached hydrogens (tertiary/aromatic N) is 1. The van der Waals surface area contributed by atoms with Gasteiger partial charge in [0.05, 0.1) is 6.10 Å². The third kappa shape index (κ3) is 6.19. The number of likely N-dealkylation sites (N-methyl/N-ethyl adjacent to an activating group) is 1. The van der Waals surface area contributed by atoms with Gasteiger partial charge in [0.1, 0.15) is 0 Å². The van der Waals surface area contributed by atoms with Gasteiger partial charge in [-0.2, -0.15) is 0 Å². The molecular formula is C16H28N2O. The number of aliphatic hydroxyl groups excluding tert-OH is 1. The second-order valence-corrected chi connectivity index (χ2v) is 5.64. The van der Waals surface area contributed by atoms with Crippen molar-refractivity contribution in [1.82, 2.24) is 4.90 Å². The Kier molecular flexibility index (Phi) is 7.06. The summed E-state index contributed by atoms with van der Waals surface area (Å²) in [6.45, 7) is 6.62. The van der Waals surface area contributed by atoms with Crippen LogP contribution in [0, 0.1) is 0 Å². The minimum absolute atomic E-state index is 0.307. The van der Waals surface area contributed by atoms with Crippen LogP contribution in [0.2, 0.25) is 0 Å². The Morgan fingerprint density at radius 1 is 1.21 bits per heavy atom. The molecule has 19 heavy (non-hydrogen) atoms. The molecule has 1 aromatic rings. The van der Waals surface area contributed by atoms with E-state index in [9.17, 15) is 5.11 Å². The standard InChI is InChI=1S/C16H28N2O/c1-13(2)15-6-4-14(5-7-15)9-11-18(3)12-16(19)8-10-17/h4-7,13,16,19H,8-12,17H2,1-3H3. The van der Waals surface area contributed by atoms with Gasteiger partial charge >= 0.3 is 0 Å². The predicted octanol–water partition coefficient (Wildman–Crippen LogP) is 1.99. The molecule has 0 bridgehead atoms. The topological polar surface area (TPSA) is 49.5 Å². The molecule has 0 amide bonds. The van der Waals surface area contributed by atoms with Gasteiger partial charge in [0.15, 0.2) is 0 Å². The summed E-state index contributed by atoms with van der Waals surface area (Å²) in [6, 6.07) is 8.84. The molecule has 0 spiro atoms. The van der Waals surface area contributed by atoms with E-state index < -0.39 is 0 Å². The Morgan fingerprint density at radius 3 is 2.37 bits per heavy atom. The van der Waals surface area contributed by atoms with Crippen LogP contribution in [0.3, 0.4) is 0 Å². The molecular weight excluding hydrogens is 236 g/mol. The Morgan fingerprint density at radius 2 is 1.84 bits per heavy atom. The lowest BCUT2D eigenvalue weighted by atomic mass is 10.0. The predicted molar refractivity (Wildman–Crippen MR) is 81.4 cm³/mol. The maximum absolute atomic E-state index is 9.69. The van der Waals surface area contributed by atoms with E-state index in [1.807, 2.05) is 7.05 Å². The van der Waals surface area contributed by atoms with E-state index in [1.165, 1.54) is 11.1 Å². The van der Waals surface area contributed by atoms with Gasteiger partial charge in [-0.1, -0.05) is 38.1 Å². The number of rotatable bonds is 8. The fraction of sp³-hybridized carbons (Fsp3) is 0.625. The van der Waals surface area contributed by atoms with Gasteiger partial charge in [0.2, 0.25) is 0 Å². The van der Waals surface area contributed by atoms with Crippen molar-refractivity contribution >= 4 is 0 Å². The summed E-state index contributed by atoms with van der Waals surface area (Å²) in [6.07, 6.45) is 1.38. The van der Waals surface area contributed by atoms with Gasteiger partial charge in [-0.25, -0.2) is 0 Å². The molecule has 0 aliphatic rings. The second-order valence-electron chi connectivity index (χ2n) is 5.64. The number of hydrogen-bond donors (Lipinski definition) is 2. The van der Waals surface area contributed by atoms with E-state index >= 15 is 0 Å². The van der Waals surface area contributed by atoms with Gasteiger partial charge in [-0.3, -0.25) is 0 Å². The summed E-state index contributed by atoms with van der Waals surface area (Å²) in [5.74, 6) is 0.586. The zero-order valence-corrected chi connectivity index (χ0v) is 12.5. The van der Waals surface area contributed by atoms with E-state index in [2.05, 4.69) is 43.0 Å². The van der Waals surface area contributed by atoms with Crippen LogP contribution in [0.5, 0.6) is 0 Å². The molecule has 1 unspecified atom stereocenters. The molecule has 0 saturated heterocycles. The third-order valence-electron chi connectivity index (χ3n) is 3.45. The molecule has 3 nitrogen and oxygen atoms in total. The summed E-state index contributed by atoms with van der Waals surface area (Å²) in [5.41, 5.74) is 8.17. The van der Waals surface area contributed by atoms with Crippen LogP contribution >= 0.6 is 0 Å². The lowest BCUT2D eigenvalue weighted by Crippen LogP contribution is -2.32. The Bertz CT molecular complexity index is 348. The highest BCUT2D eigenvalue weighted by molar-refractivity contribution is 5.24. The molecule has 0 aliphatic heterocycles. The minimum Gasteiger partial charge on any atom is -0.392 e. The molecule has 0 aliphatic carbocycles. The van der Waals surface area contributed by atoms with Crippen LogP contribution in [0.1, 0.15) is 37.3 Å². The van der Waals surface area contributed by atoms with Crippen molar-refractivity contribution in [3.63, 3.8) is 0 Å². The van der Waals surface area contributed by atoms with Crippen LogP contribution in [0.25, 0.3) is 0 Å². The van der Waals surface area contributed by atoms with Gasteiger partial charge in [0.25, 0.3) is 0 Å². The van der Waals surface area contributed by atoms with E-state index in [0.717, 1.165) is 13.0 Å². The molecule has 3 heteroatoms. The maximum atomic E-state index is 9.69. The number of hydrogen-bond acceptors (Lipinski definition) is 3. The van der Waals surface area contributed by atoms with E-state index in [1.54, 1.807) is 0 Å². The molecule has 0 aromatic heterocycles. The molecule has 1 atom stereocenters. The zero-order chi connectivity index (χ0) is 14.3. The van der Waals surface area contributed by atoms with Crippen molar-refractivity contribution in [2.24, 2.45) is 5.73 Å². The molecule has 0 saturated carbocycles. The van der Waals surface area contributed by atoms with Gasteiger partial charge in [0, 0.05) is 13.1 Å². The first-order valence-electron chi connectivity index (χ1n) is 7.18. The molecule has 0 fully saturated rings. The molecule has 1 aromatic carbocycles. The van der Waals surface area contributed by atoms with Crippen molar-refractivity contribution in [1.29, 1.82) is 0 Å². The first-order valence-corrected chi connectivity index (χ1v) is 7.18. The lowest BCUT2D eigenvalue weighted by Gasteiger charge is -2.20. The van der Waals surface area contributed by atoms with E-state index in [-0.39, 0.29) is 6.10 Å². The highest BCUT2D eigenvalue weighted by Crippen LogP contribution is 2.15. The van der Waals surface area contributed by atoms with Crippen LogP contribution in [0.4, 0.5) is 0 Å². The second kappa shape index (κ2) is 8.31. The van der Waals surface area contributed by atoms with E-state index in [0.29, 0.717) is 25.4 Å². The van der Waals surface area contributed by atoms with Crippen LogP contribution in [-0.2, 0) is 6.42 Å². The number of benzene rings is 1. The van der Waals surface area contributed by atoms with Crippen molar-refractivity contribution in [2.75, 3.05) is 26.7 Å². The summed E-state index contributed by atoms with van der Waals surface area (Å²) < 4.78 is 0. The molecule has 3 N–H and O–H groups in total. The molecule has 0 heterocycles.